The Labute approximate surface area is 374 Å². The molecule has 3 unspecified atom stereocenters. The highest BCUT2D eigenvalue weighted by Gasteiger charge is 2.28. The van der Waals surface area contributed by atoms with Crippen molar-refractivity contribution in [1.82, 2.24) is 5.32 Å². The number of hydrogen-bond acceptors (Lipinski definition) is 5. The molecule has 60 heavy (non-hydrogen) atoms. The molecule has 0 aliphatic heterocycles. The number of aliphatic hydroxyl groups excluding tert-OH is 1. The van der Waals surface area contributed by atoms with Gasteiger partial charge in [-0.05, 0) is 12.8 Å². The molecule has 9 heteroatoms. The van der Waals surface area contributed by atoms with E-state index < -0.39 is 20.0 Å². The quantitative estimate of drug-likeness (QED) is 0.0319. The van der Waals surface area contributed by atoms with E-state index in [0.29, 0.717) is 23.9 Å². The zero-order valence-electron chi connectivity index (χ0n) is 41.0. The molecule has 0 heterocycles. The van der Waals surface area contributed by atoms with Crippen LogP contribution in [0.5, 0.6) is 0 Å². The van der Waals surface area contributed by atoms with Gasteiger partial charge < -0.3 is 19.8 Å². The minimum absolute atomic E-state index is 0.0786. The number of carbonyl (C=O) groups is 1. The first-order chi connectivity index (χ1) is 29.0. The summed E-state index contributed by atoms with van der Waals surface area (Å²) in [6.07, 6.45) is 50.2. The number of carbonyl (C=O) groups excluding carboxylic acids is 1. The molecule has 0 fully saturated rings. The van der Waals surface area contributed by atoms with Crippen LogP contribution in [0.2, 0.25) is 0 Å². The highest BCUT2D eigenvalue weighted by atomic mass is 31.2. The molecule has 0 aromatic rings. The zero-order chi connectivity index (χ0) is 44.3. The van der Waals surface area contributed by atoms with Crippen molar-refractivity contribution in [3.8, 4) is 0 Å². The highest BCUT2D eigenvalue weighted by molar-refractivity contribution is 7.47. The first kappa shape index (κ1) is 59.5. The maximum atomic E-state index is 12.9. The summed E-state index contributed by atoms with van der Waals surface area (Å²) in [6.45, 7) is 4.91. The van der Waals surface area contributed by atoms with E-state index in [1.54, 1.807) is 0 Å². The Balaban J connectivity index is 4.01. The van der Waals surface area contributed by atoms with E-state index in [2.05, 4.69) is 19.2 Å². The third-order valence-corrected chi connectivity index (χ3v) is 13.3. The fraction of sp³-hybridized carbons (Fsp3) is 0.980. The van der Waals surface area contributed by atoms with Crippen LogP contribution in [-0.2, 0) is 18.4 Å². The smallest absolute Gasteiger partial charge is 0.391 e. The predicted octanol–water partition coefficient (Wildman–Crippen LogP) is 15.3. The largest absolute Gasteiger partial charge is 0.472 e. The molecule has 0 aliphatic carbocycles. The maximum Gasteiger partial charge on any atom is 0.472 e. The summed E-state index contributed by atoms with van der Waals surface area (Å²) in [7, 11) is 1.63. The van der Waals surface area contributed by atoms with Gasteiger partial charge in [-0.2, -0.15) is 0 Å². The summed E-state index contributed by atoms with van der Waals surface area (Å²) >= 11 is 0. The lowest BCUT2D eigenvalue weighted by molar-refractivity contribution is -0.870. The van der Waals surface area contributed by atoms with Crippen molar-refractivity contribution in [3.05, 3.63) is 0 Å². The predicted molar refractivity (Wildman–Crippen MR) is 259 cm³/mol. The zero-order valence-corrected chi connectivity index (χ0v) is 41.9. The van der Waals surface area contributed by atoms with E-state index in [-0.39, 0.29) is 19.1 Å². The number of rotatable bonds is 49. The molecule has 0 bridgehead atoms. The molecular weight excluding hydrogens is 768 g/mol. The van der Waals surface area contributed by atoms with Gasteiger partial charge in [0, 0.05) is 6.42 Å². The summed E-state index contributed by atoms with van der Waals surface area (Å²) in [6, 6.07) is -0.753. The summed E-state index contributed by atoms with van der Waals surface area (Å²) < 4.78 is 23.7. The molecule has 0 aromatic carbocycles. The van der Waals surface area contributed by atoms with Crippen LogP contribution in [0.1, 0.15) is 271 Å². The monoisotopic (exact) mass is 874 g/mol. The third-order valence-electron chi connectivity index (χ3n) is 12.4. The average Bonchev–Trinajstić information content (AvgIpc) is 3.20. The summed E-state index contributed by atoms with van der Waals surface area (Å²) in [5.41, 5.74) is 0. The van der Waals surface area contributed by atoms with Crippen LogP contribution < -0.4 is 5.32 Å². The number of amides is 1. The van der Waals surface area contributed by atoms with Gasteiger partial charge in [0.1, 0.15) is 13.2 Å². The van der Waals surface area contributed by atoms with Gasteiger partial charge in [0.15, 0.2) is 0 Å². The van der Waals surface area contributed by atoms with E-state index >= 15 is 0 Å². The number of hydrogen-bond donors (Lipinski definition) is 3. The van der Waals surface area contributed by atoms with Crippen LogP contribution in [-0.4, -0.2) is 73.4 Å². The summed E-state index contributed by atoms with van der Waals surface area (Å²) in [5.74, 6) is -0.142. The van der Waals surface area contributed by atoms with Crippen LogP contribution >= 0.6 is 7.82 Å². The van der Waals surface area contributed by atoms with Crippen molar-refractivity contribution >= 4 is 13.7 Å². The molecule has 0 rings (SSSR count). The minimum atomic E-state index is -4.31. The van der Waals surface area contributed by atoms with Crippen LogP contribution in [0.25, 0.3) is 0 Å². The lowest BCUT2D eigenvalue weighted by atomic mass is 10.0. The Hall–Kier alpha value is -0.500. The number of phosphoric ester groups is 1. The normalized spacial score (nSPS) is 14.1. The summed E-state index contributed by atoms with van der Waals surface area (Å²) in [4.78, 5) is 23.1. The molecule has 8 nitrogen and oxygen atoms in total. The van der Waals surface area contributed by atoms with Gasteiger partial charge in [0.05, 0.1) is 39.9 Å². The fourth-order valence-corrected chi connectivity index (χ4v) is 8.90. The second kappa shape index (κ2) is 43.7. The Morgan fingerprint density at radius 1 is 0.500 bits per heavy atom. The van der Waals surface area contributed by atoms with Gasteiger partial charge in [-0.1, -0.05) is 251 Å². The number of nitrogens with zero attached hydrogens (tertiary/aromatic N) is 1. The number of quaternary nitrogens is 1. The summed E-state index contributed by atoms with van der Waals surface area (Å²) in [5, 5.41) is 14.0. The second-order valence-electron chi connectivity index (χ2n) is 19.6. The Morgan fingerprint density at radius 3 is 1.12 bits per heavy atom. The van der Waals surface area contributed by atoms with Crippen LogP contribution in [0.15, 0.2) is 0 Å². The maximum absolute atomic E-state index is 12.9. The lowest BCUT2D eigenvalue weighted by Crippen LogP contribution is -2.46. The first-order valence-electron chi connectivity index (χ1n) is 26.4. The van der Waals surface area contributed by atoms with Gasteiger partial charge in [-0.25, -0.2) is 4.57 Å². The lowest BCUT2D eigenvalue weighted by Gasteiger charge is -2.26. The van der Waals surface area contributed by atoms with Gasteiger partial charge in [0.25, 0.3) is 0 Å². The topological polar surface area (TPSA) is 105 Å². The molecule has 0 spiro atoms. The minimum Gasteiger partial charge on any atom is -0.391 e. The number of nitrogens with one attached hydrogen (secondary N) is 1. The first-order valence-corrected chi connectivity index (χ1v) is 27.9. The number of unbranched alkanes of at least 4 members (excludes halogenated alkanes) is 36. The van der Waals surface area contributed by atoms with E-state index in [9.17, 15) is 19.4 Å². The van der Waals surface area contributed by atoms with Gasteiger partial charge in [0.2, 0.25) is 5.91 Å². The van der Waals surface area contributed by atoms with Gasteiger partial charge in [-0.15, -0.1) is 0 Å². The molecule has 3 N–H and O–H groups in total. The molecule has 0 radical (unpaired) electrons. The van der Waals surface area contributed by atoms with Gasteiger partial charge in [-0.3, -0.25) is 13.8 Å². The van der Waals surface area contributed by atoms with Crippen molar-refractivity contribution in [2.45, 2.75) is 283 Å². The molecule has 0 saturated heterocycles. The van der Waals surface area contributed by atoms with E-state index in [0.717, 1.165) is 38.5 Å². The molecule has 3 atom stereocenters. The SMILES string of the molecule is CCCCCCCCCCCCCCCCCCCCCCCCCCCCCCC(O)C(COP(=O)(O)OCC[N+](C)(C)C)NC(=O)CCCCCCCCCCCC. The van der Waals surface area contributed by atoms with Crippen molar-refractivity contribution < 1.29 is 32.9 Å². The van der Waals surface area contributed by atoms with E-state index in [1.165, 1.54) is 205 Å². The van der Waals surface area contributed by atoms with Crippen molar-refractivity contribution in [2.24, 2.45) is 0 Å². The van der Waals surface area contributed by atoms with E-state index in [1.807, 2.05) is 21.1 Å². The van der Waals surface area contributed by atoms with E-state index in [4.69, 9.17) is 9.05 Å². The fourth-order valence-electron chi connectivity index (χ4n) is 8.17. The van der Waals surface area contributed by atoms with Crippen molar-refractivity contribution in [1.29, 1.82) is 0 Å². The van der Waals surface area contributed by atoms with Crippen LogP contribution in [0.4, 0.5) is 0 Å². The molecule has 1 amide bonds. The Morgan fingerprint density at radius 2 is 0.800 bits per heavy atom. The Kier molecular flexibility index (Phi) is 43.4. The Bertz CT molecular complexity index is 947. The molecule has 360 valence electrons. The number of phosphoric acid groups is 1. The van der Waals surface area contributed by atoms with Crippen LogP contribution in [0, 0.1) is 0 Å². The van der Waals surface area contributed by atoms with Gasteiger partial charge >= 0.3 is 7.82 Å². The average molecular weight is 874 g/mol. The number of likely N-dealkylation sites (N-methyl/N-ethyl adjacent to an activating group) is 1. The van der Waals surface area contributed by atoms with Crippen molar-refractivity contribution in [3.63, 3.8) is 0 Å². The van der Waals surface area contributed by atoms with Crippen LogP contribution in [0.3, 0.4) is 0 Å². The highest BCUT2D eigenvalue weighted by Crippen LogP contribution is 2.43. The second-order valence-corrected chi connectivity index (χ2v) is 21.1. The number of aliphatic hydroxyl groups is 1. The molecule has 0 aliphatic rings. The van der Waals surface area contributed by atoms with Crippen molar-refractivity contribution in [2.75, 3.05) is 40.9 Å². The standard InChI is InChI=1S/C51H105N2O6P/c1-6-8-10-12-14-16-18-19-20-21-22-23-24-25-26-27-28-29-30-31-32-33-34-35-36-38-40-42-44-50(54)49(48-59-60(56,57)58-47-46-53(3,4)5)52-51(55)45-43-41-39-37-17-15-13-11-9-7-2/h49-50,54H,6-48H2,1-5H3,(H-,52,55,56,57)/p+1. The molecule has 0 aromatic heterocycles. The molecular formula is C51H106N2O6P+. The molecule has 0 saturated carbocycles. The third kappa shape index (κ3) is 45.5.